The number of amides is 1. The van der Waals surface area contributed by atoms with E-state index in [1.54, 1.807) is 0 Å². The lowest BCUT2D eigenvalue weighted by Gasteiger charge is -2.26. The number of carbonyl (C=O) groups excluding carboxylic acids is 1. The molecule has 0 saturated carbocycles. The smallest absolute Gasteiger partial charge is 0.225 e. The molecule has 0 aromatic heterocycles. The first-order valence-corrected chi connectivity index (χ1v) is 8.56. The fourth-order valence-corrected chi connectivity index (χ4v) is 2.59. The Kier molecular flexibility index (Phi) is 6.42. The Balaban J connectivity index is 2.12. The molecule has 1 amide bonds. The van der Waals surface area contributed by atoms with Crippen LogP contribution in [-0.4, -0.2) is 17.4 Å². The third-order valence-corrected chi connectivity index (χ3v) is 3.64. The molecule has 2 aromatic carbocycles. The van der Waals surface area contributed by atoms with Crippen molar-refractivity contribution in [3.8, 4) is 11.5 Å². The van der Waals surface area contributed by atoms with Gasteiger partial charge in [0, 0.05) is 19.0 Å². The number of rotatable bonds is 7. The van der Waals surface area contributed by atoms with E-state index in [1.807, 2.05) is 73.3 Å². The van der Waals surface area contributed by atoms with E-state index in [-0.39, 0.29) is 11.8 Å². The molecule has 3 nitrogen and oxygen atoms in total. The molecule has 2 aromatic rings. The van der Waals surface area contributed by atoms with E-state index in [4.69, 9.17) is 4.74 Å². The fraction of sp³-hybridized carbons (Fsp3) is 0.381. The average molecular weight is 325 g/mol. The van der Waals surface area contributed by atoms with Crippen molar-refractivity contribution in [1.29, 1.82) is 0 Å². The summed E-state index contributed by atoms with van der Waals surface area (Å²) in [5.74, 6) is 2.24. The molecule has 3 heteroatoms. The monoisotopic (exact) mass is 325 g/mol. The Bertz CT molecular complexity index is 650. The van der Waals surface area contributed by atoms with Crippen LogP contribution >= 0.6 is 0 Å². The third-order valence-electron chi connectivity index (χ3n) is 3.64. The van der Waals surface area contributed by atoms with Crippen LogP contribution in [0.4, 0.5) is 0 Å². The summed E-state index contributed by atoms with van der Waals surface area (Å²) >= 11 is 0. The quantitative estimate of drug-likeness (QED) is 0.707. The van der Waals surface area contributed by atoms with Crippen molar-refractivity contribution >= 4 is 5.91 Å². The highest BCUT2D eigenvalue weighted by atomic mass is 16.5. The summed E-state index contributed by atoms with van der Waals surface area (Å²) in [7, 11) is 0. The minimum Gasteiger partial charge on any atom is -0.457 e. The molecule has 0 heterocycles. The Hall–Kier alpha value is -2.29. The number of hydrogen-bond acceptors (Lipinski definition) is 2. The molecule has 0 saturated heterocycles. The van der Waals surface area contributed by atoms with Gasteiger partial charge in [0.25, 0.3) is 0 Å². The molecule has 0 N–H and O–H groups in total. The zero-order chi connectivity index (χ0) is 17.5. The second-order valence-electron chi connectivity index (χ2n) is 6.83. The Morgan fingerprint density at radius 3 is 2.25 bits per heavy atom. The molecule has 2 rings (SSSR count). The highest BCUT2D eigenvalue weighted by molar-refractivity contribution is 5.78. The van der Waals surface area contributed by atoms with Gasteiger partial charge < -0.3 is 9.64 Å². The number of nitrogens with zero attached hydrogens (tertiary/aromatic N) is 1. The molecular weight excluding hydrogens is 298 g/mol. The van der Waals surface area contributed by atoms with Gasteiger partial charge in [-0.1, -0.05) is 58.0 Å². The number of carbonyl (C=O) groups is 1. The maximum Gasteiger partial charge on any atom is 0.225 e. The van der Waals surface area contributed by atoms with Gasteiger partial charge in [0.2, 0.25) is 5.91 Å². The van der Waals surface area contributed by atoms with Crippen LogP contribution in [0, 0.1) is 11.8 Å². The maximum absolute atomic E-state index is 12.5. The normalized spacial score (nSPS) is 10.9. The Labute approximate surface area is 145 Å². The van der Waals surface area contributed by atoms with Crippen molar-refractivity contribution < 1.29 is 9.53 Å². The van der Waals surface area contributed by atoms with E-state index in [1.165, 1.54) is 0 Å². The molecule has 0 unspecified atom stereocenters. The molecule has 24 heavy (non-hydrogen) atoms. The molecule has 0 fully saturated rings. The maximum atomic E-state index is 12.5. The van der Waals surface area contributed by atoms with Gasteiger partial charge in [-0.05, 0) is 35.7 Å². The lowest BCUT2D eigenvalue weighted by Crippen LogP contribution is -2.36. The Morgan fingerprint density at radius 2 is 1.62 bits per heavy atom. The number of benzene rings is 2. The van der Waals surface area contributed by atoms with Crippen LogP contribution in [0.15, 0.2) is 54.6 Å². The predicted molar refractivity (Wildman–Crippen MR) is 98.1 cm³/mol. The largest absolute Gasteiger partial charge is 0.457 e. The first-order valence-electron chi connectivity index (χ1n) is 8.56. The van der Waals surface area contributed by atoms with Crippen LogP contribution in [0.2, 0.25) is 0 Å². The molecule has 0 radical (unpaired) electrons. The number of ether oxygens (including phenoxy) is 1. The fourth-order valence-electron chi connectivity index (χ4n) is 2.59. The zero-order valence-corrected chi connectivity index (χ0v) is 15.0. The summed E-state index contributed by atoms with van der Waals surface area (Å²) < 4.78 is 5.89. The van der Waals surface area contributed by atoms with Crippen molar-refractivity contribution in [1.82, 2.24) is 4.90 Å². The highest BCUT2D eigenvalue weighted by Gasteiger charge is 2.18. The van der Waals surface area contributed by atoms with E-state index in [0.717, 1.165) is 23.6 Å². The van der Waals surface area contributed by atoms with Crippen LogP contribution < -0.4 is 4.74 Å². The van der Waals surface area contributed by atoms with Crippen molar-refractivity contribution in [2.45, 2.75) is 34.2 Å². The standard InChI is InChI=1S/C21H27NO2/c1-16(2)14-22(21(23)17(3)4)15-18-9-8-12-20(13-18)24-19-10-6-5-7-11-19/h5-13,16-17H,14-15H2,1-4H3. The van der Waals surface area contributed by atoms with Gasteiger partial charge >= 0.3 is 0 Å². The minimum absolute atomic E-state index is 0.00695. The zero-order valence-electron chi connectivity index (χ0n) is 15.0. The molecule has 0 aliphatic carbocycles. The second-order valence-corrected chi connectivity index (χ2v) is 6.83. The number of para-hydroxylation sites is 1. The average Bonchev–Trinajstić information content (AvgIpc) is 2.54. The third kappa shape index (κ3) is 5.41. The number of hydrogen-bond donors (Lipinski definition) is 0. The van der Waals surface area contributed by atoms with Crippen LogP contribution in [0.3, 0.4) is 0 Å². The summed E-state index contributed by atoms with van der Waals surface area (Å²) in [6.07, 6.45) is 0. The highest BCUT2D eigenvalue weighted by Crippen LogP contribution is 2.23. The van der Waals surface area contributed by atoms with Gasteiger partial charge in [0.05, 0.1) is 0 Å². The van der Waals surface area contributed by atoms with Gasteiger partial charge in [-0.25, -0.2) is 0 Å². The lowest BCUT2D eigenvalue weighted by molar-refractivity contribution is -0.135. The summed E-state index contributed by atoms with van der Waals surface area (Å²) in [5, 5.41) is 0. The SMILES string of the molecule is CC(C)CN(Cc1cccc(Oc2ccccc2)c1)C(=O)C(C)C. The second kappa shape index (κ2) is 8.53. The van der Waals surface area contributed by atoms with Crippen LogP contribution in [0.5, 0.6) is 11.5 Å². The van der Waals surface area contributed by atoms with Gasteiger partial charge in [-0.3, -0.25) is 4.79 Å². The minimum atomic E-state index is 0.00695. The van der Waals surface area contributed by atoms with Crippen LogP contribution in [-0.2, 0) is 11.3 Å². The summed E-state index contributed by atoms with van der Waals surface area (Å²) in [4.78, 5) is 14.4. The topological polar surface area (TPSA) is 29.5 Å². The molecular formula is C21H27NO2. The van der Waals surface area contributed by atoms with E-state index >= 15 is 0 Å². The van der Waals surface area contributed by atoms with Crippen molar-refractivity contribution in [3.05, 3.63) is 60.2 Å². The molecule has 128 valence electrons. The molecule has 0 aliphatic heterocycles. The van der Waals surface area contributed by atoms with Gasteiger partial charge in [0.15, 0.2) is 0 Å². The van der Waals surface area contributed by atoms with Gasteiger partial charge in [-0.15, -0.1) is 0 Å². The van der Waals surface area contributed by atoms with Crippen LogP contribution in [0.1, 0.15) is 33.3 Å². The molecule has 0 atom stereocenters. The van der Waals surface area contributed by atoms with E-state index in [2.05, 4.69) is 13.8 Å². The first kappa shape index (κ1) is 18.1. The van der Waals surface area contributed by atoms with E-state index in [9.17, 15) is 4.79 Å². The molecule has 0 spiro atoms. The summed E-state index contributed by atoms with van der Waals surface area (Å²) in [6.45, 7) is 9.54. The summed E-state index contributed by atoms with van der Waals surface area (Å²) in [6, 6.07) is 17.7. The van der Waals surface area contributed by atoms with Crippen molar-refractivity contribution in [3.63, 3.8) is 0 Å². The van der Waals surface area contributed by atoms with Crippen molar-refractivity contribution in [2.24, 2.45) is 11.8 Å². The molecule has 0 aliphatic rings. The lowest BCUT2D eigenvalue weighted by atomic mass is 10.1. The van der Waals surface area contributed by atoms with Gasteiger partial charge in [0.1, 0.15) is 11.5 Å². The van der Waals surface area contributed by atoms with E-state index in [0.29, 0.717) is 12.5 Å². The Morgan fingerprint density at radius 1 is 0.958 bits per heavy atom. The van der Waals surface area contributed by atoms with Crippen LogP contribution in [0.25, 0.3) is 0 Å². The van der Waals surface area contributed by atoms with Crippen molar-refractivity contribution in [2.75, 3.05) is 6.54 Å². The van der Waals surface area contributed by atoms with Gasteiger partial charge in [-0.2, -0.15) is 0 Å². The molecule has 0 bridgehead atoms. The van der Waals surface area contributed by atoms with E-state index < -0.39 is 0 Å². The first-order chi connectivity index (χ1) is 11.5. The predicted octanol–water partition coefficient (Wildman–Crippen LogP) is 5.12. The summed E-state index contributed by atoms with van der Waals surface area (Å²) in [5.41, 5.74) is 1.08.